The summed E-state index contributed by atoms with van der Waals surface area (Å²) in [6.45, 7) is -0.633. The van der Waals surface area contributed by atoms with Crippen LogP contribution in [0.4, 0.5) is 26.3 Å². The maximum absolute atomic E-state index is 12.9. The molecule has 3 aromatic rings. The molecule has 0 aliphatic rings. The molecule has 0 aliphatic carbocycles. The molecule has 2 aromatic carbocycles. The van der Waals surface area contributed by atoms with E-state index in [1.807, 2.05) is 0 Å². The zero-order valence-electron chi connectivity index (χ0n) is 15.5. The van der Waals surface area contributed by atoms with Crippen LogP contribution in [0.2, 0.25) is 0 Å². The van der Waals surface area contributed by atoms with Crippen LogP contribution in [-0.4, -0.2) is 23.0 Å². The van der Waals surface area contributed by atoms with Crippen molar-refractivity contribution in [3.8, 4) is 5.75 Å². The van der Waals surface area contributed by atoms with Gasteiger partial charge in [-0.15, -0.1) is 0 Å². The first-order valence-corrected chi connectivity index (χ1v) is 8.42. The number of fused-ring (bicyclic) bond motifs is 1. The van der Waals surface area contributed by atoms with Gasteiger partial charge >= 0.3 is 18.3 Å². The number of hydrogen-bond acceptors (Lipinski definition) is 5. The number of aromatic nitrogens is 2. The van der Waals surface area contributed by atoms with Gasteiger partial charge in [0.25, 0.3) is 5.56 Å². The van der Waals surface area contributed by atoms with Gasteiger partial charge in [0.05, 0.1) is 34.7 Å². The standard InChI is InChI=1S/C19H12F6N2O4/c1-30-17(29)9-2-3-13-14(4-9)26-15(27-16(13)28)8-31-12-6-10(18(20,21)22)5-11(7-12)19(23,24)25/h2-7H,8H2,1H3,(H,26,27,28). The predicted molar refractivity (Wildman–Crippen MR) is 94.5 cm³/mol. The average molecular weight is 446 g/mol. The summed E-state index contributed by atoms with van der Waals surface area (Å²) in [6.07, 6.45) is -10.1. The minimum Gasteiger partial charge on any atom is -0.486 e. The number of aromatic amines is 1. The average Bonchev–Trinajstić information content (AvgIpc) is 2.69. The molecule has 1 heterocycles. The van der Waals surface area contributed by atoms with Crippen molar-refractivity contribution >= 4 is 16.9 Å². The van der Waals surface area contributed by atoms with Gasteiger partial charge in [-0.1, -0.05) is 0 Å². The van der Waals surface area contributed by atoms with E-state index in [1.54, 1.807) is 0 Å². The first-order valence-electron chi connectivity index (χ1n) is 8.42. The van der Waals surface area contributed by atoms with Gasteiger partial charge < -0.3 is 14.5 Å². The molecule has 0 aliphatic heterocycles. The van der Waals surface area contributed by atoms with Crippen LogP contribution in [-0.2, 0) is 23.7 Å². The lowest BCUT2D eigenvalue weighted by Crippen LogP contribution is -2.15. The number of ether oxygens (including phenoxy) is 2. The molecular formula is C19H12F6N2O4. The molecule has 31 heavy (non-hydrogen) atoms. The normalized spacial score (nSPS) is 12.1. The fourth-order valence-electron chi connectivity index (χ4n) is 2.66. The van der Waals surface area contributed by atoms with E-state index in [4.69, 9.17) is 4.74 Å². The summed E-state index contributed by atoms with van der Waals surface area (Å²) >= 11 is 0. The number of rotatable bonds is 4. The molecule has 0 fully saturated rings. The van der Waals surface area contributed by atoms with E-state index in [9.17, 15) is 35.9 Å². The van der Waals surface area contributed by atoms with Crippen LogP contribution in [0.3, 0.4) is 0 Å². The molecule has 0 spiro atoms. The Hall–Kier alpha value is -3.57. The van der Waals surface area contributed by atoms with Gasteiger partial charge in [-0.25, -0.2) is 9.78 Å². The Morgan fingerprint density at radius 2 is 1.61 bits per heavy atom. The third kappa shape index (κ3) is 4.95. The Kier molecular flexibility index (Phi) is 5.66. The maximum atomic E-state index is 12.9. The number of hydrogen-bond donors (Lipinski definition) is 1. The molecule has 0 unspecified atom stereocenters. The fourth-order valence-corrected chi connectivity index (χ4v) is 2.66. The van der Waals surface area contributed by atoms with Crippen molar-refractivity contribution in [1.82, 2.24) is 9.97 Å². The highest BCUT2D eigenvalue weighted by Gasteiger charge is 2.37. The van der Waals surface area contributed by atoms with Crippen molar-refractivity contribution in [2.75, 3.05) is 7.11 Å². The second-order valence-corrected chi connectivity index (χ2v) is 6.27. The lowest BCUT2D eigenvalue weighted by molar-refractivity contribution is -0.143. The lowest BCUT2D eigenvalue weighted by Gasteiger charge is -2.14. The van der Waals surface area contributed by atoms with Crippen molar-refractivity contribution in [3.63, 3.8) is 0 Å². The maximum Gasteiger partial charge on any atom is 0.416 e. The van der Waals surface area contributed by atoms with Gasteiger partial charge in [-0.05, 0) is 36.4 Å². The Morgan fingerprint density at radius 1 is 1.00 bits per heavy atom. The minimum atomic E-state index is -5.03. The molecule has 164 valence electrons. The third-order valence-electron chi connectivity index (χ3n) is 4.11. The molecule has 6 nitrogen and oxygen atoms in total. The van der Waals surface area contributed by atoms with Gasteiger partial charge in [0.1, 0.15) is 18.2 Å². The quantitative estimate of drug-likeness (QED) is 0.477. The Balaban J connectivity index is 1.95. The third-order valence-corrected chi connectivity index (χ3v) is 4.11. The first-order chi connectivity index (χ1) is 14.4. The summed E-state index contributed by atoms with van der Waals surface area (Å²) in [4.78, 5) is 30.1. The van der Waals surface area contributed by atoms with Crippen LogP contribution < -0.4 is 10.3 Å². The monoisotopic (exact) mass is 446 g/mol. The molecule has 3 rings (SSSR count). The Morgan fingerprint density at radius 3 is 2.16 bits per heavy atom. The number of alkyl halides is 6. The highest BCUT2D eigenvalue weighted by Crippen LogP contribution is 2.38. The van der Waals surface area contributed by atoms with Gasteiger partial charge in [-0.2, -0.15) is 26.3 Å². The number of halogens is 6. The van der Waals surface area contributed by atoms with E-state index < -0.39 is 47.4 Å². The van der Waals surface area contributed by atoms with Gasteiger partial charge in [-0.3, -0.25) is 4.79 Å². The molecule has 12 heteroatoms. The smallest absolute Gasteiger partial charge is 0.416 e. The van der Waals surface area contributed by atoms with E-state index >= 15 is 0 Å². The van der Waals surface area contributed by atoms with Crippen molar-refractivity contribution < 1.29 is 40.6 Å². The van der Waals surface area contributed by atoms with Gasteiger partial charge in [0, 0.05) is 0 Å². The zero-order valence-corrected chi connectivity index (χ0v) is 15.5. The number of methoxy groups -OCH3 is 1. The summed E-state index contributed by atoms with van der Waals surface area (Å²) in [5, 5.41) is 0.106. The van der Waals surface area contributed by atoms with Gasteiger partial charge in [0.2, 0.25) is 0 Å². The van der Waals surface area contributed by atoms with E-state index in [1.165, 1.54) is 18.2 Å². The molecular weight excluding hydrogens is 434 g/mol. The van der Waals surface area contributed by atoms with Crippen molar-refractivity contribution in [3.05, 3.63) is 69.3 Å². The number of esters is 1. The number of benzene rings is 2. The summed E-state index contributed by atoms with van der Waals surface area (Å²) < 4.78 is 87.2. The van der Waals surface area contributed by atoms with E-state index in [0.29, 0.717) is 12.1 Å². The second-order valence-electron chi connectivity index (χ2n) is 6.27. The van der Waals surface area contributed by atoms with Gasteiger partial charge in [0.15, 0.2) is 0 Å². The van der Waals surface area contributed by atoms with Crippen molar-refractivity contribution in [2.24, 2.45) is 0 Å². The summed E-state index contributed by atoms with van der Waals surface area (Å²) in [5.74, 6) is -1.58. The molecule has 0 bridgehead atoms. The van der Waals surface area contributed by atoms with Crippen LogP contribution in [0.15, 0.2) is 41.2 Å². The fraction of sp³-hybridized carbons (Fsp3) is 0.211. The summed E-state index contributed by atoms with van der Waals surface area (Å²) in [7, 11) is 1.15. The Labute approximate surface area is 169 Å². The largest absolute Gasteiger partial charge is 0.486 e. The summed E-state index contributed by atoms with van der Waals surface area (Å²) in [5.41, 5.74) is -3.57. The zero-order chi connectivity index (χ0) is 23.0. The predicted octanol–water partition coefficient (Wildman–Crippen LogP) is 4.33. The molecule has 0 saturated carbocycles. The highest BCUT2D eigenvalue weighted by atomic mass is 19.4. The minimum absolute atomic E-state index is 0.0304. The molecule has 0 radical (unpaired) electrons. The van der Waals surface area contributed by atoms with Crippen molar-refractivity contribution in [2.45, 2.75) is 19.0 Å². The van der Waals surface area contributed by atoms with Crippen LogP contribution in [0.5, 0.6) is 5.75 Å². The molecule has 1 aromatic heterocycles. The second kappa shape index (κ2) is 7.93. The number of carbonyl (C=O) groups is 1. The van der Waals surface area contributed by atoms with Crippen LogP contribution >= 0.6 is 0 Å². The van der Waals surface area contributed by atoms with E-state index in [2.05, 4.69) is 14.7 Å². The number of nitrogens with one attached hydrogen (secondary N) is 1. The number of carbonyl (C=O) groups excluding carboxylic acids is 1. The topological polar surface area (TPSA) is 81.3 Å². The number of H-pyrrole nitrogens is 1. The highest BCUT2D eigenvalue weighted by molar-refractivity contribution is 5.93. The van der Waals surface area contributed by atoms with Crippen LogP contribution in [0, 0.1) is 0 Å². The SMILES string of the molecule is COC(=O)c1ccc2c(=O)[nH]c(COc3cc(C(F)(F)F)cc(C(F)(F)F)c3)nc2c1. The first kappa shape index (κ1) is 22.1. The number of nitrogens with zero attached hydrogens (tertiary/aromatic N) is 1. The van der Waals surface area contributed by atoms with E-state index in [0.717, 1.165) is 7.11 Å². The van der Waals surface area contributed by atoms with Crippen molar-refractivity contribution in [1.29, 1.82) is 0 Å². The summed E-state index contributed by atoms with van der Waals surface area (Å²) in [6, 6.07) is 4.69. The molecule has 1 N–H and O–H groups in total. The van der Waals surface area contributed by atoms with Crippen LogP contribution in [0.1, 0.15) is 27.3 Å². The lowest BCUT2D eigenvalue weighted by atomic mass is 10.1. The molecule has 0 amide bonds. The Bertz CT molecular complexity index is 1170. The molecule has 0 atom stereocenters. The molecule has 0 saturated heterocycles. The van der Waals surface area contributed by atoms with Crippen LogP contribution in [0.25, 0.3) is 10.9 Å². The van der Waals surface area contributed by atoms with E-state index in [-0.39, 0.29) is 28.4 Å².